The quantitative estimate of drug-likeness (QED) is 0.789. The van der Waals surface area contributed by atoms with Crippen LogP contribution in [0.3, 0.4) is 0 Å². The van der Waals surface area contributed by atoms with Gasteiger partial charge >= 0.3 is 0 Å². The van der Waals surface area contributed by atoms with Crippen molar-refractivity contribution >= 4 is 11.0 Å². The van der Waals surface area contributed by atoms with E-state index in [9.17, 15) is 0 Å². The van der Waals surface area contributed by atoms with Gasteiger partial charge in [-0.3, -0.25) is 0 Å². The number of piperidine rings is 1. The molecule has 1 atom stereocenters. The van der Waals surface area contributed by atoms with Crippen molar-refractivity contribution in [3.8, 4) is 0 Å². The number of rotatable bonds is 1. The Morgan fingerprint density at radius 2 is 2.24 bits per heavy atom. The third-order valence-electron chi connectivity index (χ3n) is 3.88. The molecule has 2 aromatic rings. The minimum absolute atomic E-state index is 0.156. The fourth-order valence-electron chi connectivity index (χ4n) is 2.72. The number of nitrogens with one attached hydrogen (secondary N) is 2. The average Bonchev–Trinajstić information content (AvgIpc) is 2.76. The van der Waals surface area contributed by atoms with Crippen molar-refractivity contribution in [2.75, 3.05) is 13.1 Å². The summed E-state index contributed by atoms with van der Waals surface area (Å²) in [4.78, 5) is 8.31. The van der Waals surface area contributed by atoms with Crippen LogP contribution in [0.1, 0.15) is 31.2 Å². The number of imidazole rings is 1. The van der Waals surface area contributed by atoms with Gasteiger partial charge in [0.1, 0.15) is 5.82 Å². The molecule has 17 heavy (non-hydrogen) atoms. The summed E-state index contributed by atoms with van der Waals surface area (Å²) in [6.45, 7) is 6.57. The Hall–Kier alpha value is -1.35. The molecule has 90 valence electrons. The van der Waals surface area contributed by atoms with Crippen LogP contribution in [0.4, 0.5) is 0 Å². The zero-order valence-corrected chi connectivity index (χ0v) is 10.5. The van der Waals surface area contributed by atoms with Gasteiger partial charge < -0.3 is 10.3 Å². The standard InChI is InChI=1S/C14H19N3/c1-10-5-3-6-11-12(10)17-13(16-11)14(2)7-4-8-15-9-14/h3,5-6,15H,4,7-9H2,1-2H3,(H,16,17). The smallest absolute Gasteiger partial charge is 0.114 e. The molecule has 1 unspecified atom stereocenters. The molecule has 0 aliphatic carbocycles. The number of nitrogens with zero attached hydrogens (tertiary/aromatic N) is 1. The lowest BCUT2D eigenvalue weighted by molar-refractivity contribution is 0.326. The number of hydrogen-bond acceptors (Lipinski definition) is 2. The van der Waals surface area contributed by atoms with Gasteiger partial charge in [0.15, 0.2) is 0 Å². The summed E-state index contributed by atoms with van der Waals surface area (Å²) in [6, 6.07) is 6.31. The highest BCUT2D eigenvalue weighted by molar-refractivity contribution is 5.78. The van der Waals surface area contributed by atoms with Crippen molar-refractivity contribution < 1.29 is 0 Å². The molecule has 3 nitrogen and oxygen atoms in total. The molecular formula is C14H19N3. The average molecular weight is 229 g/mol. The zero-order chi connectivity index (χ0) is 11.9. The lowest BCUT2D eigenvalue weighted by atomic mass is 9.82. The van der Waals surface area contributed by atoms with E-state index in [4.69, 9.17) is 4.98 Å². The minimum atomic E-state index is 0.156. The Morgan fingerprint density at radius 3 is 2.94 bits per heavy atom. The number of para-hydroxylation sites is 1. The molecule has 3 rings (SSSR count). The van der Waals surface area contributed by atoms with Gasteiger partial charge in [0, 0.05) is 12.0 Å². The van der Waals surface area contributed by atoms with Gasteiger partial charge in [0.25, 0.3) is 0 Å². The minimum Gasteiger partial charge on any atom is -0.341 e. The van der Waals surface area contributed by atoms with Gasteiger partial charge in [-0.25, -0.2) is 4.98 Å². The number of H-pyrrole nitrogens is 1. The Bertz CT molecular complexity index is 535. The van der Waals surface area contributed by atoms with Crippen LogP contribution in [0, 0.1) is 6.92 Å². The van der Waals surface area contributed by atoms with Crippen LogP contribution in [-0.2, 0) is 5.41 Å². The van der Waals surface area contributed by atoms with Crippen LogP contribution in [0.25, 0.3) is 11.0 Å². The van der Waals surface area contributed by atoms with Gasteiger partial charge in [-0.05, 0) is 37.9 Å². The second-order valence-electron chi connectivity index (χ2n) is 5.40. The highest BCUT2D eigenvalue weighted by Gasteiger charge is 2.31. The van der Waals surface area contributed by atoms with Gasteiger partial charge in [-0.15, -0.1) is 0 Å². The van der Waals surface area contributed by atoms with E-state index >= 15 is 0 Å². The predicted octanol–water partition coefficient (Wildman–Crippen LogP) is 2.51. The van der Waals surface area contributed by atoms with E-state index in [-0.39, 0.29) is 5.41 Å². The molecule has 1 aliphatic rings. The van der Waals surface area contributed by atoms with E-state index in [0.29, 0.717) is 0 Å². The lowest BCUT2D eigenvalue weighted by Gasteiger charge is -2.32. The van der Waals surface area contributed by atoms with E-state index in [2.05, 4.69) is 42.3 Å². The topological polar surface area (TPSA) is 40.7 Å². The third kappa shape index (κ3) is 1.75. The van der Waals surface area contributed by atoms with Crippen molar-refractivity contribution in [3.05, 3.63) is 29.6 Å². The van der Waals surface area contributed by atoms with E-state index < -0.39 is 0 Å². The molecule has 1 aromatic heterocycles. The Labute approximate surface area is 102 Å². The SMILES string of the molecule is Cc1cccc2[nH]c(C3(C)CCCNC3)nc12. The summed E-state index contributed by atoms with van der Waals surface area (Å²) < 4.78 is 0. The molecule has 3 heteroatoms. The molecule has 0 radical (unpaired) electrons. The summed E-state index contributed by atoms with van der Waals surface area (Å²) in [6.07, 6.45) is 2.44. The maximum atomic E-state index is 4.81. The van der Waals surface area contributed by atoms with Crippen LogP contribution in [-0.4, -0.2) is 23.1 Å². The molecule has 0 saturated carbocycles. The number of aromatic nitrogens is 2. The molecular weight excluding hydrogens is 210 g/mol. The fourth-order valence-corrected chi connectivity index (χ4v) is 2.72. The van der Waals surface area contributed by atoms with E-state index in [1.165, 1.54) is 18.4 Å². The lowest BCUT2D eigenvalue weighted by Crippen LogP contribution is -2.41. The van der Waals surface area contributed by atoms with Gasteiger partial charge in [0.2, 0.25) is 0 Å². The summed E-state index contributed by atoms with van der Waals surface area (Å²) in [5.74, 6) is 1.13. The summed E-state index contributed by atoms with van der Waals surface area (Å²) in [5, 5.41) is 3.47. The van der Waals surface area contributed by atoms with Crippen LogP contribution in [0.5, 0.6) is 0 Å². The molecule has 2 N–H and O–H groups in total. The third-order valence-corrected chi connectivity index (χ3v) is 3.88. The van der Waals surface area contributed by atoms with E-state index in [1.54, 1.807) is 0 Å². The molecule has 0 amide bonds. The van der Waals surface area contributed by atoms with Gasteiger partial charge in [-0.1, -0.05) is 19.1 Å². The number of hydrogen-bond donors (Lipinski definition) is 2. The highest BCUT2D eigenvalue weighted by atomic mass is 15.0. The molecule has 0 spiro atoms. The first-order valence-corrected chi connectivity index (χ1v) is 6.36. The predicted molar refractivity (Wildman–Crippen MR) is 70.3 cm³/mol. The number of benzene rings is 1. The van der Waals surface area contributed by atoms with Crippen molar-refractivity contribution in [2.24, 2.45) is 0 Å². The molecule has 1 aromatic carbocycles. The Morgan fingerprint density at radius 1 is 1.35 bits per heavy atom. The van der Waals surface area contributed by atoms with Crippen LogP contribution < -0.4 is 5.32 Å². The van der Waals surface area contributed by atoms with Crippen LogP contribution in [0.2, 0.25) is 0 Å². The molecule has 1 saturated heterocycles. The number of fused-ring (bicyclic) bond motifs is 1. The summed E-state index contributed by atoms with van der Waals surface area (Å²) in [7, 11) is 0. The van der Waals surface area contributed by atoms with Crippen molar-refractivity contribution in [3.63, 3.8) is 0 Å². The normalized spacial score (nSPS) is 25.3. The first kappa shape index (κ1) is 10.8. The highest BCUT2D eigenvalue weighted by Crippen LogP contribution is 2.30. The molecule has 0 bridgehead atoms. The summed E-state index contributed by atoms with van der Waals surface area (Å²) >= 11 is 0. The fraction of sp³-hybridized carbons (Fsp3) is 0.500. The van der Waals surface area contributed by atoms with Crippen LogP contribution >= 0.6 is 0 Å². The second kappa shape index (κ2) is 3.84. The van der Waals surface area contributed by atoms with E-state index in [1.807, 2.05) is 0 Å². The van der Waals surface area contributed by atoms with E-state index in [0.717, 1.165) is 29.9 Å². The van der Waals surface area contributed by atoms with Crippen molar-refractivity contribution in [2.45, 2.75) is 32.1 Å². The zero-order valence-electron chi connectivity index (χ0n) is 10.5. The first-order chi connectivity index (χ1) is 8.19. The monoisotopic (exact) mass is 229 g/mol. The Kier molecular flexibility index (Phi) is 2.44. The van der Waals surface area contributed by atoms with Crippen molar-refractivity contribution in [1.82, 2.24) is 15.3 Å². The van der Waals surface area contributed by atoms with Gasteiger partial charge in [-0.2, -0.15) is 0 Å². The number of aryl methyl sites for hydroxylation is 1. The largest absolute Gasteiger partial charge is 0.341 e. The van der Waals surface area contributed by atoms with Crippen LogP contribution in [0.15, 0.2) is 18.2 Å². The summed E-state index contributed by atoms with van der Waals surface area (Å²) in [5.41, 5.74) is 3.68. The first-order valence-electron chi connectivity index (χ1n) is 6.36. The molecule has 2 heterocycles. The van der Waals surface area contributed by atoms with Crippen molar-refractivity contribution in [1.29, 1.82) is 0 Å². The molecule has 1 aliphatic heterocycles. The maximum Gasteiger partial charge on any atom is 0.114 e. The maximum absolute atomic E-state index is 4.81. The van der Waals surface area contributed by atoms with Gasteiger partial charge in [0.05, 0.1) is 11.0 Å². The molecule has 1 fully saturated rings. The Balaban J connectivity index is 2.08. The number of aromatic amines is 1. The second-order valence-corrected chi connectivity index (χ2v) is 5.40.